The van der Waals surface area contributed by atoms with E-state index in [-0.39, 0.29) is 24.3 Å². The SMILES string of the molecule is Cc1ccc(CN(C(=O)Cn2nnc3ccccc32)[C@@H](C(=O)Nc2ccc(N3CCOCC3)cc2)[C@@H]2CC=CCC2)cc1. The molecule has 1 saturated heterocycles. The van der Waals surface area contributed by atoms with E-state index in [0.29, 0.717) is 25.4 Å². The van der Waals surface area contributed by atoms with Gasteiger partial charge in [-0.3, -0.25) is 9.59 Å². The molecule has 1 aliphatic heterocycles. The number of morpholine rings is 1. The zero-order chi connectivity index (χ0) is 29.6. The normalized spacial score (nSPS) is 17.5. The van der Waals surface area contributed by atoms with Crippen molar-refractivity contribution in [2.24, 2.45) is 5.92 Å². The molecule has 1 fully saturated rings. The molecule has 2 atom stereocenters. The van der Waals surface area contributed by atoms with Crippen molar-refractivity contribution in [1.82, 2.24) is 19.9 Å². The molecule has 6 rings (SSSR count). The Morgan fingerprint density at radius 3 is 2.51 bits per heavy atom. The fraction of sp³-hybridized carbons (Fsp3) is 0.353. The van der Waals surface area contributed by atoms with Crippen molar-refractivity contribution in [3.63, 3.8) is 0 Å². The van der Waals surface area contributed by atoms with Gasteiger partial charge in [0.25, 0.3) is 0 Å². The molecule has 2 heterocycles. The van der Waals surface area contributed by atoms with E-state index in [0.717, 1.165) is 60.2 Å². The lowest BCUT2D eigenvalue weighted by atomic mass is 9.85. The summed E-state index contributed by atoms with van der Waals surface area (Å²) >= 11 is 0. The molecule has 2 amide bonds. The number of anilines is 2. The van der Waals surface area contributed by atoms with E-state index in [4.69, 9.17) is 4.74 Å². The van der Waals surface area contributed by atoms with Crippen LogP contribution in [-0.4, -0.2) is 64.1 Å². The maximum atomic E-state index is 14.2. The number of allylic oxidation sites excluding steroid dienone is 2. The van der Waals surface area contributed by atoms with E-state index in [1.807, 2.05) is 79.7 Å². The number of fused-ring (bicyclic) bond motifs is 1. The highest BCUT2D eigenvalue weighted by atomic mass is 16.5. The van der Waals surface area contributed by atoms with Crippen LogP contribution in [0.4, 0.5) is 11.4 Å². The number of rotatable bonds is 9. The van der Waals surface area contributed by atoms with Crippen LogP contribution in [-0.2, 0) is 27.4 Å². The molecular formula is C34H38N6O3. The number of nitrogens with zero attached hydrogens (tertiary/aromatic N) is 5. The third kappa shape index (κ3) is 6.78. The Labute approximate surface area is 252 Å². The standard InChI is InChI=1S/C34H38N6O3/c1-25-11-13-26(14-12-25)23-39(32(41)24-40-31-10-6-5-9-30(31)36-37-40)33(27-7-3-2-4-8-27)34(42)35-28-15-17-29(18-16-28)38-19-21-43-22-20-38/h2-3,5-6,9-18,27,33H,4,7-8,19-24H2,1H3,(H,35,42)/t27-,33-/m1/s1. The number of aryl methyl sites for hydroxylation is 1. The van der Waals surface area contributed by atoms with E-state index in [9.17, 15) is 9.59 Å². The first-order chi connectivity index (χ1) is 21.0. The van der Waals surface area contributed by atoms with Crippen LogP contribution in [0.5, 0.6) is 0 Å². The first-order valence-electron chi connectivity index (χ1n) is 15.1. The zero-order valence-electron chi connectivity index (χ0n) is 24.6. The Morgan fingerprint density at radius 2 is 1.77 bits per heavy atom. The summed E-state index contributed by atoms with van der Waals surface area (Å²) in [5, 5.41) is 11.7. The summed E-state index contributed by atoms with van der Waals surface area (Å²) in [7, 11) is 0. The summed E-state index contributed by atoms with van der Waals surface area (Å²) in [6.45, 7) is 5.47. The fourth-order valence-corrected chi connectivity index (χ4v) is 5.99. The third-order valence-electron chi connectivity index (χ3n) is 8.37. The molecule has 1 aliphatic carbocycles. The predicted octanol–water partition coefficient (Wildman–Crippen LogP) is 4.97. The van der Waals surface area contributed by atoms with Crippen LogP contribution in [0.15, 0.2) is 84.9 Å². The monoisotopic (exact) mass is 578 g/mol. The van der Waals surface area contributed by atoms with Crippen molar-refractivity contribution in [2.75, 3.05) is 36.5 Å². The number of amides is 2. The van der Waals surface area contributed by atoms with Gasteiger partial charge < -0.3 is 19.9 Å². The first kappa shape index (κ1) is 28.6. The van der Waals surface area contributed by atoms with Gasteiger partial charge in [-0.1, -0.05) is 59.3 Å². The number of benzene rings is 3. The molecule has 222 valence electrons. The van der Waals surface area contributed by atoms with Gasteiger partial charge in [0.15, 0.2) is 0 Å². The summed E-state index contributed by atoms with van der Waals surface area (Å²) < 4.78 is 7.11. The Kier molecular flexibility index (Phi) is 8.79. The Hall–Kier alpha value is -4.50. The molecule has 1 aromatic heterocycles. The van der Waals surface area contributed by atoms with E-state index in [1.165, 1.54) is 0 Å². The molecule has 43 heavy (non-hydrogen) atoms. The second kappa shape index (κ2) is 13.2. The van der Waals surface area contributed by atoms with E-state index in [2.05, 4.69) is 32.7 Å². The number of carbonyl (C=O) groups excluding carboxylic acids is 2. The van der Waals surface area contributed by atoms with Crippen LogP contribution in [0.2, 0.25) is 0 Å². The van der Waals surface area contributed by atoms with Crippen molar-refractivity contribution >= 4 is 34.2 Å². The molecule has 4 aromatic rings. The van der Waals surface area contributed by atoms with Gasteiger partial charge in [0.1, 0.15) is 18.1 Å². The maximum absolute atomic E-state index is 14.2. The molecule has 2 aliphatic rings. The highest BCUT2D eigenvalue weighted by Gasteiger charge is 2.37. The van der Waals surface area contributed by atoms with Crippen LogP contribution in [0, 0.1) is 12.8 Å². The molecule has 0 bridgehead atoms. The molecule has 0 unspecified atom stereocenters. The topological polar surface area (TPSA) is 92.6 Å². The number of hydrogen-bond donors (Lipinski definition) is 1. The summed E-state index contributed by atoms with van der Waals surface area (Å²) in [4.78, 5) is 32.5. The number of ether oxygens (including phenoxy) is 1. The van der Waals surface area contributed by atoms with Crippen molar-refractivity contribution in [1.29, 1.82) is 0 Å². The van der Waals surface area contributed by atoms with Gasteiger partial charge in [-0.05, 0) is 74.1 Å². The lowest BCUT2D eigenvalue weighted by molar-refractivity contribution is -0.142. The van der Waals surface area contributed by atoms with Gasteiger partial charge in [-0.25, -0.2) is 4.68 Å². The van der Waals surface area contributed by atoms with Gasteiger partial charge in [0.05, 0.1) is 18.7 Å². The predicted molar refractivity (Wildman–Crippen MR) is 168 cm³/mol. The second-order valence-corrected chi connectivity index (χ2v) is 11.4. The van der Waals surface area contributed by atoms with E-state index >= 15 is 0 Å². The highest BCUT2D eigenvalue weighted by Crippen LogP contribution is 2.29. The van der Waals surface area contributed by atoms with Crippen molar-refractivity contribution in [2.45, 2.75) is 45.3 Å². The Bertz CT molecular complexity index is 1570. The summed E-state index contributed by atoms with van der Waals surface area (Å²) in [5.74, 6) is -0.364. The molecule has 0 saturated carbocycles. The van der Waals surface area contributed by atoms with Gasteiger partial charge >= 0.3 is 0 Å². The number of para-hydroxylation sites is 1. The van der Waals surface area contributed by atoms with Crippen LogP contribution in [0.1, 0.15) is 30.4 Å². The summed E-state index contributed by atoms with van der Waals surface area (Å²) in [6, 6.07) is 23.0. The number of carbonyl (C=O) groups is 2. The third-order valence-corrected chi connectivity index (χ3v) is 8.37. The summed E-state index contributed by atoms with van der Waals surface area (Å²) in [6.07, 6.45) is 6.73. The molecule has 0 radical (unpaired) electrons. The maximum Gasteiger partial charge on any atom is 0.247 e. The van der Waals surface area contributed by atoms with Gasteiger partial charge in [0.2, 0.25) is 11.8 Å². The number of aromatic nitrogens is 3. The number of hydrogen-bond acceptors (Lipinski definition) is 6. The van der Waals surface area contributed by atoms with Gasteiger partial charge in [-0.15, -0.1) is 5.10 Å². The zero-order valence-corrected chi connectivity index (χ0v) is 24.6. The quantitative estimate of drug-likeness (QED) is 0.282. The van der Waals surface area contributed by atoms with Crippen molar-refractivity contribution in [3.8, 4) is 0 Å². The molecule has 9 heteroatoms. The smallest absolute Gasteiger partial charge is 0.247 e. The largest absolute Gasteiger partial charge is 0.378 e. The van der Waals surface area contributed by atoms with Crippen molar-refractivity contribution in [3.05, 3.63) is 96.1 Å². The lowest BCUT2D eigenvalue weighted by Gasteiger charge is -2.37. The minimum atomic E-state index is -0.660. The fourth-order valence-electron chi connectivity index (χ4n) is 5.99. The average Bonchev–Trinajstić information content (AvgIpc) is 3.45. The van der Waals surface area contributed by atoms with E-state index in [1.54, 1.807) is 9.58 Å². The molecule has 1 N–H and O–H groups in total. The molecule has 3 aromatic carbocycles. The average molecular weight is 579 g/mol. The Morgan fingerprint density at radius 1 is 1.00 bits per heavy atom. The Balaban J connectivity index is 1.29. The van der Waals surface area contributed by atoms with Crippen LogP contribution in [0.25, 0.3) is 11.0 Å². The lowest BCUT2D eigenvalue weighted by Crippen LogP contribution is -2.52. The molecular weight excluding hydrogens is 540 g/mol. The van der Waals surface area contributed by atoms with Crippen molar-refractivity contribution < 1.29 is 14.3 Å². The van der Waals surface area contributed by atoms with E-state index < -0.39 is 6.04 Å². The minimum absolute atomic E-state index is 0.00698. The summed E-state index contributed by atoms with van der Waals surface area (Å²) in [5.41, 5.74) is 5.44. The van der Waals surface area contributed by atoms with Crippen LogP contribution >= 0.6 is 0 Å². The second-order valence-electron chi connectivity index (χ2n) is 11.4. The van der Waals surface area contributed by atoms with Crippen LogP contribution < -0.4 is 10.2 Å². The van der Waals surface area contributed by atoms with Gasteiger partial charge in [0, 0.05) is 31.0 Å². The molecule has 0 spiro atoms. The first-order valence-corrected chi connectivity index (χ1v) is 15.1. The minimum Gasteiger partial charge on any atom is -0.378 e. The highest BCUT2D eigenvalue weighted by molar-refractivity contribution is 5.97. The van der Waals surface area contributed by atoms with Crippen LogP contribution in [0.3, 0.4) is 0 Å². The molecule has 9 nitrogen and oxygen atoms in total. The van der Waals surface area contributed by atoms with Gasteiger partial charge in [-0.2, -0.15) is 0 Å². The number of nitrogens with one attached hydrogen (secondary N) is 1.